The lowest BCUT2D eigenvalue weighted by Crippen LogP contribution is -2.30. The fourth-order valence-electron chi connectivity index (χ4n) is 12.8. The van der Waals surface area contributed by atoms with Crippen molar-refractivity contribution in [3.8, 4) is 0 Å². The normalized spacial score (nSPS) is 14.4. The van der Waals surface area contributed by atoms with Crippen molar-refractivity contribution in [1.29, 1.82) is 0 Å². The molecule has 0 spiro atoms. The molecule has 19 heteroatoms. The third-order valence-corrected chi connectivity index (χ3v) is 22.1. The van der Waals surface area contributed by atoms with Crippen LogP contribution in [0.4, 0.5) is 0 Å². The molecule has 0 aliphatic carbocycles. The monoisotopic (exact) mass is 1490 g/mol. The fourth-order valence-corrected chi connectivity index (χ4v) is 14.4. The Kier molecular flexibility index (Phi) is 73.1. The number of aliphatic hydroxyl groups excluding tert-OH is 1. The highest BCUT2D eigenvalue weighted by Gasteiger charge is 2.30. The average Bonchev–Trinajstić information content (AvgIpc) is 0.926. The van der Waals surface area contributed by atoms with Crippen LogP contribution in [0.2, 0.25) is 0 Å². The third-order valence-electron chi connectivity index (χ3n) is 20.2. The van der Waals surface area contributed by atoms with Gasteiger partial charge in [0, 0.05) is 25.7 Å². The molecule has 0 aromatic rings. The van der Waals surface area contributed by atoms with Crippen LogP contribution >= 0.6 is 15.6 Å². The molecular formula is C83H162O17P2. The molecule has 0 saturated carbocycles. The van der Waals surface area contributed by atoms with Crippen molar-refractivity contribution in [2.75, 3.05) is 39.6 Å². The van der Waals surface area contributed by atoms with Gasteiger partial charge in [0.2, 0.25) is 0 Å². The SMILES string of the molecule is CCCCCCCCCCCCCCCCCCCCCCC(=O)OC[C@H](COP(=O)(O)OC[C@@H](O)COP(=O)(O)OC[C@@H](COC(=O)CCCCCCCCCCCC)OC(=O)CCCCCCCCC(C)CC)OC(=O)CCCCCCCCCCCCCCCCCCCCC(C)CC. The Morgan fingerprint density at radius 1 is 0.275 bits per heavy atom. The quantitative estimate of drug-likeness (QED) is 0.0222. The number of hydrogen-bond acceptors (Lipinski definition) is 15. The minimum absolute atomic E-state index is 0.103. The van der Waals surface area contributed by atoms with Crippen molar-refractivity contribution in [2.24, 2.45) is 11.8 Å². The van der Waals surface area contributed by atoms with Gasteiger partial charge in [0.25, 0.3) is 0 Å². The first-order chi connectivity index (χ1) is 49.4. The summed E-state index contributed by atoms with van der Waals surface area (Å²) in [5, 5.41) is 10.6. The minimum Gasteiger partial charge on any atom is -0.462 e. The van der Waals surface area contributed by atoms with Crippen LogP contribution in [0.3, 0.4) is 0 Å². The molecule has 0 aromatic heterocycles. The minimum atomic E-state index is -4.96. The summed E-state index contributed by atoms with van der Waals surface area (Å²) in [6.07, 6.45) is 65.4. The summed E-state index contributed by atoms with van der Waals surface area (Å²) < 4.78 is 68.7. The van der Waals surface area contributed by atoms with Gasteiger partial charge in [-0.05, 0) is 37.5 Å². The molecule has 0 saturated heterocycles. The van der Waals surface area contributed by atoms with Crippen LogP contribution in [-0.4, -0.2) is 96.7 Å². The molecule has 4 unspecified atom stereocenters. The summed E-state index contributed by atoms with van der Waals surface area (Å²) in [5.41, 5.74) is 0. The molecule has 0 aliphatic rings. The number of ether oxygens (including phenoxy) is 4. The predicted molar refractivity (Wildman–Crippen MR) is 418 cm³/mol. The summed E-state index contributed by atoms with van der Waals surface area (Å²) in [6.45, 7) is 9.65. The Morgan fingerprint density at radius 2 is 0.471 bits per heavy atom. The number of phosphoric acid groups is 2. The van der Waals surface area contributed by atoms with Crippen LogP contribution in [0.5, 0.6) is 0 Å². The first-order valence-corrected chi connectivity index (χ1v) is 46.1. The van der Waals surface area contributed by atoms with Crippen molar-refractivity contribution in [3.63, 3.8) is 0 Å². The molecule has 0 bridgehead atoms. The second-order valence-corrected chi connectivity index (χ2v) is 33.3. The fraction of sp³-hybridized carbons (Fsp3) is 0.952. The first-order valence-electron chi connectivity index (χ1n) is 43.1. The smallest absolute Gasteiger partial charge is 0.462 e. The Hall–Kier alpha value is -1.94. The highest BCUT2D eigenvalue weighted by atomic mass is 31.2. The van der Waals surface area contributed by atoms with E-state index in [1.165, 1.54) is 257 Å². The molecule has 0 amide bonds. The number of carbonyl (C=O) groups is 4. The Morgan fingerprint density at radius 3 is 0.696 bits per heavy atom. The first kappa shape index (κ1) is 100. The molecule has 7 atom stereocenters. The van der Waals surface area contributed by atoms with Crippen molar-refractivity contribution < 1.29 is 80.2 Å². The number of phosphoric ester groups is 2. The highest BCUT2D eigenvalue weighted by Crippen LogP contribution is 2.45. The largest absolute Gasteiger partial charge is 0.472 e. The van der Waals surface area contributed by atoms with Gasteiger partial charge in [0.1, 0.15) is 19.3 Å². The van der Waals surface area contributed by atoms with Crippen molar-refractivity contribution in [3.05, 3.63) is 0 Å². The van der Waals surface area contributed by atoms with E-state index >= 15 is 0 Å². The van der Waals surface area contributed by atoms with Crippen LogP contribution in [0.1, 0.15) is 440 Å². The maximum Gasteiger partial charge on any atom is 0.472 e. The number of carbonyl (C=O) groups excluding carboxylic acids is 4. The number of esters is 4. The van der Waals surface area contributed by atoms with E-state index in [9.17, 15) is 43.2 Å². The second-order valence-electron chi connectivity index (χ2n) is 30.4. The summed E-state index contributed by atoms with van der Waals surface area (Å²) >= 11 is 0. The summed E-state index contributed by atoms with van der Waals surface area (Å²) in [5.74, 6) is -0.520. The van der Waals surface area contributed by atoms with Gasteiger partial charge < -0.3 is 33.8 Å². The van der Waals surface area contributed by atoms with Crippen LogP contribution in [0, 0.1) is 11.8 Å². The standard InChI is InChI=1S/C83H162O17P2/c1-7-11-13-15-17-19-21-22-23-24-25-26-30-33-36-39-43-47-54-60-66-81(86)93-71-78(99-82(87)67-61-55-48-44-40-37-34-31-28-27-29-32-35-38-41-45-51-57-63-75(5)9-3)73-97-101(89,90)95-69-77(84)70-96-102(91,92)98-74-79(100-83(88)68-62-56-50-49-52-58-64-76(6)10-4)72-94-80(85)65-59-53-46-42-20-18-16-14-12-8-2/h75-79,84H,7-74H2,1-6H3,(H,89,90)(H,91,92)/t75?,76?,77-,78-,79-/m1/s1. The van der Waals surface area contributed by atoms with E-state index in [4.69, 9.17) is 37.0 Å². The lowest BCUT2D eigenvalue weighted by Gasteiger charge is -2.21. The van der Waals surface area contributed by atoms with E-state index in [1.54, 1.807) is 0 Å². The van der Waals surface area contributed by atoms with E-state index in [-0.39, 0.29) is 25.7 Å². The molecule has 17 nitrogen and oxygen atoms in total. The van der Waals surface area contributed by atoms with Gasteiger partial charge in [-0.15, -0.1) is 0 Å². The summed E-state index contributed by atoms with van der Waals surface area (Å²) in [6, 6.07) is 0. The maximum atomic E-state index is 13.1. The topological polar surface area (TPSA) is 237 Å². The molecule has 3 N–H and O–H groups in total. The Bertz CT molecular complexity index is 1960. The summed E-state index contributed by atoms with van der Waals surface area (Å²) in [7, 11) is -9.92. The van der Waals surface area contributed by atoms with Gasteiger partial charge in [-0.1, -0.05) is 388 Å². The molecular weight excluding hydrogens is 1330 g/mol. The Labute approximate surface area is 626 Å². The molecule has 606 valence electrons. The second kappa shape index (κ2) is 74.5. The van der Waals surface area contributed by atoms with Crippen molar-refractivity contribution in [2.45, 2.75) is 458 Å². The van der Waals surface area contributed by atoms with Crippen LogP contribution in [0.15, 0.2) is 0 Å². The third kappa shape index (κ3) is 73.6. The van der Waals surface area contributed by atoms with Crippen LogP contribution in [-0.2, 0) is 65.4 Å². The molecule has 0 fully saturated rings. The zero-order valence-electron chi connectivity index (χ0n) is 66.9. The molecule has 0 aromatic carbocycles. The van der Waals surface area contributed by atoms with E-state index in [0.29, 0.717) is 25.7 Å². The lowest BCUT2D eigenvalue weighted by molar-refractivity contribution is -0.161. The van der Waals surface area contributed by atoms with E-state index in [1.807, 2.05) is 0 Å². The zero-order chi connectivity index (χ0) is 74.9. The van der Waals surface area contributed by atoms with Crippen molar-refractivity contribution >= 4 is 39.5 Å². The highest BCUT2D eigenvalue weighted by molar-refractivity contribution is 7.47. The number of rotatable bonds is 82. The number of aliphatic hydroxyl groups is 1. The van der Waals surface area contributed by atoms with E-state index < -0.39 is 97.5 Å². The van der Waals surface area contributed by atoms with Gasteiger partial charge in [0.15, 0.2) is 12.2 Å². The number of hydrogen-bond donors (Lipinski definition) is 3. The van der Waals surface area contributed by atoms with Crippen LogP contribution in [0.25, 0.3) is 0 Å². The molecule has 102 heavy (non-hydrogen) atoms. The summed E-state index contributed by atoms with van der Waals surface area (Å²) in [4.78, 5) is 73.0. The van der Waals surface area contributed by atoms with Gasteiger partial charge in [-0.3, -0.25) is 37.3 Å². The molecule has 0 aliphatic heterocycles. The maximum absolute atomic E-state index is 13.1. The van der Waals surface area contributed by atoms with E-state index in [0.717, 1.165) is 102 Å². The van der Waals surface area contributed by atoms with Gasteiger partial charge in [-0.25, -0.2) is 9.13 Å². The van der Waals surface area contributed by atoms with Crippen molar-refractivity contribution in [1.82, 2.24) is 0 Å². The molecule has 0 heterocycles. The molecule has 0 radical (unpaired) electrons. The Balaban J connectivity index is 5.18. The number of unbranched alkanes of at least 4 members (excludes halogenated alkanes) is 50. The average molecular weight is 1490 g/mol. The zero-order valence-corrected chi connectivity index (χ0v) is 68.7. The van der Waals surface area contributed by atoms with Crippen LogP contribution < -0.4 is 0 Å². The molecule has 0 rings (SSSR count). The van der Waals surface area contributed by atoms with E-state index in [2.05, 4.69) is 41.5 Å². The van der Waals surface area contributed by atoms with Gasteiger partial charge in [-0.2, -0.15) is 0 Å². The lowest BCUT2D eigenvalue weighted by atomic mass is 9.99. The van der Waals surface area contributed by atoms with Gasteiger partial charge in [0.05, 0.1) is 26.4 Å². The predicted octanol–water partition coefficient (Wildman–Crippen LogP) is 25.1. The van der Waals surface area contributed by atoms with Gasteiger partial charge >= 0.3 is 39.5 Å².